The lowest BCUT2D eigenvalue weighted by Gasteiger charge is -2.60. The Hall–Kier alpha value is -0.276. The fourth-order valence-electron chi connectivity index (χ4n) is 7.81. The first kappa shape index (κ1) is 21.6. The fourth-order valence-corrected chi connectivity index (χ4v) is 18.7. The molecule has 0 radical (unpaired) electrons. The van der Waals surface area contributed by atoms with Gasteiger partial charge in [0.15, 0.2) is 22.4 Å². The molecular weight excluding hydrogens is 408 g/mol. The summed E-state index contributed by atoms with van der Waals surface area (Å²) in [7, 11) is -4.02. The Bertz CT molecular complexity index is 790. The van der Waals surface area contributed by atoms with Gasteiger partial charge in [0.2, 0.25) is 0 Å². The number of hydrogen-bond acceptors (Lipinski definition) is 4. The summed E-state index contributed by atoms with van der Waals surface area (Å²) in [5, 5.41) is 0. The third-order valence-corrected chi connectivity index (χ3v) is 17.9. The molecule has 0 spiro atoms. The standard InChI is InChI=1S/C24H40O4Si2/c1-14-8-16-9-17(15(14)2)22-23(25)24(3)19(10-16)18-12-26-20(18)11-21(24)27-29(4,5)13-30(6,7)28-22/h14,16,18-22H,8-13H2,1-7H3/t14?,16?,18?,19?,20-,21?,22?,24-/m0/s1. The summed E-state index contributed by atoms with van der Waals surface area (Å²) >= 11 is 0. The van der Waals surface area contributed by atoms with Crippen LogP contribution in [0, 0.1) is 29.1 Å². The van der Waals surface area contributed by atoms with Crippen molar-refractivity contribution >= 4 is 22.4 Å². The van der Waals surface area contributed by atoms with Crippen LogP contribution < -0.4 is 0 Å². The number of hydrogen-bond donors (Lipinski definition) is 0. The highest BCUT2D eigenvalue weighted by molar-refractivity contribution is 6.89. The van der Waals surface area contributed by atoms with Gasteiger partial charge in [-0.25, -0.2) is 0 Å². The van der Waals surface area contributed by atoms with Crippen LogP contribution in [-0.2, 0) is 18.4 Å². The Balaban J connectivity index is 1.70. The number of ether oxygens (including phenoxy) is 1. The van der Waals surface area contributed by atoms with Gasteiger partial charge in [0, 0.05) is 5.92 Å². The Kier molecular flexibility index (Phi) is 4.93. The number of ketones is 1. The van der Waals surface area contributed by atoms with E-state index in [-0.39, 0.29) is 18.3 Å². The monoisotopic (exact) mass is 448 g/mol. The number of carbonyl (C=O) groups is 1. The molecule has 6 unspecified atom stereocenters. The summed E-state index contributed by atoms with van der Waals surface area (Å²) in [6, 6.07) is 0. The molecule has 4 nitrogen and oxygen atoms in total. The maximum absolute atomic E-state index is 14.5. The van der Waals surface area contributed by atoms with Crippen LogP contribution in [-0.4, -0.2) is 47.3 Å². The topological polar surface area (TPSA) is 44.8 Å². The molecule has 8 atom stereocenters. The molecular formula is C24H40O4Si2. The molecule has 0 aromatic heterocycles. The van der Waals surface area contributed by atoms with Crippen molar-refractivity contribution in [2.24, 2.45) is 29.1 Å². The molecule has 2 heterocycles. The summed E-state index contributed by atoms with van der Waals surface area (Å²) in [5.41, 5.74) is 3.34. The molecule has 6 heteroatoms. The Morgan fingerprint density at radius 1 is 1.03 bits per heavy atom. The zero-order chi connectivity index (χ0) is 21.6. The minimum Gasteiger partial charge on any atom is -0.414 e. The van der Waals surface area contributed by atoms with E-state index in [0.29, 0.717) is 29.5 Å². The molecule has 4 fully saturated rings. The van der Waals surface area contributed by atoms with Crippen LogP contribution in [0.15, 0.2) is 11.1 Å². The predicted molar refractivity (Wildman–Crippen MR) is 123 cm³/mol. The minimum absolute atomic E-state index is 0.0237. The largest absolute Gasteiger partial charge is 0.414 e. The predicted octanol–water partition coefficient (Wildman–Crippen LogP) is 5.10. The van der Waals surface area contributed by atoms with Crippen LogP contribution in [0.1, 0.15) is 46.5 Å². The van der Waals surface area contributed by atoms with E-state index in [1.54, 1.807) is 0 Å². The first-order valence-electron chi connectivity index (χ1n) is 12.1. The first-order valence-corrected chi connectivity index (χ1v) is 18.4. The maximum atomic E-state index is 14.5. The Morgan fingerprint density at radius 3 is 2.40 bits per heavy atom. The average molecular weight is 449 g/mol. The molecule has 2 aliphatic heterocycles. The van der Waals surface area contributed by atoms with E-state index < -0.39 is 22.0 Å². The van der Waals surface area contributed by atoms with Gasteiger partial charge in [0.1, 0.15) is 6.10 Å². The van der Waals surface area contributed by atoms with Crippen LogP contribution in [0.5, 0.6) is 0 Å². The van der Waals surface area contributed by atoms with Crippen molar-refractivity contribution in [2.75, 3.05) is 6.61 Å². The molecule has 168 valence electrons. The maximum Gasteiger partial charge on any atom is 0.187 e. The van der Waals surface area contributed by atoms with E-state index in [2.05, 4.69) is 47.0 Å². The van der Waals surface area contributed by atoms with Crippen LogP contribution in [0.3, 0.4) is 0 Å². The van der Waals surface area contributed by atoms with E-state index >= 15 is 0 Å². The Labute approximate surface area is 184 Å². The molecule has 2 saturated heterocycles. The van der Waals surface area contributed by atoms with Crippen molar-refractivity contribution in [3.63, 3.8) is 0 Å². The van der Waals surface area contributed by atoms with Crippen LogP contribution >= 0.6 is 0 Å². The zero-order valence-corrected chi connectivity index (χ0v) is 21.9. The minimum atomic E-state index is -2.05. The molecule has 2 saturated carbocycles. The van der Waals surface area contributed by atoms with Crippen molar-refractivity contribution in [1.29, 1.82) is 0 Å². The molecule has 0 amide bonds. The summed E-state index contributed by atoms with van der Waals surface area (Å²) in [6.45, 7) is 17.0. The second-order valence-corrected chi connectivity index (χ2v) is 21.4. The number of rotatable bonds is 0. The van der Waals surface area contributed by atoms with E-state index in [4.69, 9.17) is 13.6 Å². The van der Waals surface area contributed by atoms with Crippen molar-refractivity contribution < 1.29 is 18.4 Å². The highest BCUT2D eigenvalue weighted by Crippen LogP contribution is 2.58. The lowest BCUT2D eigenvalue weighted by Crippen LogP contribution is -2.66. The summed E-state index contributed by atoms with van der Waals surface area (Å²) < 4.78 is 20.0. The van der Waals surface area contributed by atoms with Crippen molar-refractivity contribution in [3.8, 4) is 0 Å². The molecule has 0 aromatic carbocycles. The van der Waals surface area contributed by atoms with Crippen molar-refractivity contribution in [2.45, 2.75) is 96.6 Å². The van der Waals surface area contributed by atoms with Gasteiger partial charge in [-0.15, -0.1) is 0 Å². The highest BCUT2D eigenvalue weighted by Gasteiger charge is 2.64. The van der Waals surface area contributed by atoms with Gasteiger partial charge in [-0.05, 0) is 94.7 Å². The normalized spacial score (nSPS) is 49.6. The number of carbonyl (C=O) groups excluding carboxylic acids is 1. The quantitative estimate of drug-likeness (QED) is 0.382. The SMILES string of the molecule is CC1=C2CC(CC1C)CC1C3CO[C@H]3CC3O[Si](C)(C)C[Si](C)(C)OC2C(=O)[C@]31C. The van der Waals surface area contributed by atoms with Crippen LogP contribution in [0.4, 0.5) is 0 Å². The van der Waals surface area contributed by atoms with Gasteiger partial charge in [0.05, 0.1) is 24.2 Å². The van der Waals surface area contributed by atoms with Gasteiger partial charge in [-0.1, -0.05) is 12.5 Å². The number of fused-ring (bicyclic) bond motifs is 6. The summed E-state index contributed by atoms with van der Waals surface area (Å²) in [6.07, 6.45) is 4.23. The fraction of sp³-hybridized carbons (Fsp3) is 0.875. The van der Waals surface area contributed by atoms with Crippen molar-refractivity contribution in [3.05, 3.63) is 11.1 Å². The lowest BCUT2D eigenvalue weighted by atomic mass is 9.51. The molecule has 0 N–H and O–H groups in total. The molecule has 4 bridgehead atoms. The van der Waals surface area contributed by atoms with Crippen molar-refractivity contribution in [1.82, 2.24) is 0 Å². The molecule has 5 rings (SSSR count). The molecule has 30 heavy (non-hydrogen) atoms. The molecule has 5 aliphatic rings. The molecule has 0 aromatic rings. The van der Waals surface area contributed by atoms with Gasteiger partial charge in [-0.3, -0.25) is 4.79 Å². The summed E-state index contributed by atoms with van der Waals surface area (Å²) in [5.74, 6) is 2.40. The van der Waals surface area contributed by atoms with Gasteiger partial charge < -0.3 is 13.6 Å². The van der Waals surface area contributed by atoms with E-state index in [9.17, 15) is 4.79 Å². The number of allylic oxidation sites excluding steroid dienone is 1. The van der Waals surface area contributed by atoms with Gasteiger partial charge in [-0.2, -0.15) is 0 Å². The third kappa shape index (κ3) is 3.19. The third-order valence-electron chi connectivity index (χ3n) is 9.25. The second kappa shape index (κ2) is 6.86. The highest BCUT2D eigenvalue weighted by atomic mass is 28.4. The van der Waals surface area contributed by atoms with E-state index in [0.717, 1.165) is 31.5 Å². The smallest absolute Gasteiger partial charge is 0.187 e. The Morgan fingerprint density at radius 2 is 1.73 bits per heavy atom. The van der Waals surface area contributed by atoms with E-state index in [1.807, 2.05) is 0 Å². The van der Waals surface area contributed by atoms with Crippen LogP contribution in [0.2, 0.25) is 31.9 Å². The zero-order valence-electron chi connectivity index (χ0n) is 19.9. The van der Waals surface area contributed by atoms with Crippen LogP contribution in [0.25, 0.3) is 0 Å². The molecule has 3 aliphatic carbocycles. The van der Waals surface area contributed by atoms with Gasteiger partial charge in [0.25, 0.3) is 0 Å². The average Bonchev–Trinajstić information content (AvgIpc) is 2.62. The number of Topliss-reactive ketones (excluding diaryl/α,β-unsaturated/α-hetero) is 1. The first-order chi connectivity index (χ1) is 13.9. The van der Waals surface area contributed by atoms with E-state index in [1.165, 1.54) is 17.6 Å². The van der Waals surface area contributed by atoms with Gasteiger partial charge >= 0.3 is 0 Å². The summed E-state index contributed by atoms with van der Waals surface area (Å²) in [4.78, 5) is 14.5. The lowest BCUT2D eigenvalue weighted by molar-refractivity contribution is -0.224. The second-order valence-electron chi connectivity index (χ2n) is 12.5.